The van der Waals surface area contributed by atoms with Crippen LogP contribution in [0.2, 0.25) is 0 Å². The molecule has 72 valence electrons. The molecule has 0 rings (SSSR count). The molecule has 0 fully saturated rings. The summed E-state index contributed by atoms with van der Waals surface area (Å²) in [6.45, 7) is -0.168. The largest absolute Gasteiger partial charge is 0.381 e. The van der Waals surface area contributed by atoms with Gasteiger partial charge >= 0.3 is 0 Å². The second kappa shape index (κ2) is 6.03. The fourth-order valence-electron chi connectivity index (χ4n) is 0.585. The number of aliphatic hydroxyl groups is 1. The van der Waals surface area contributed by atoms with Crippen LogP contribution in [0.15, 0.2) is 0 Å². The summed E-state index contributed by atoms with van der Waals surface area (Å²) in [5.74, 6) is 1.12. The Morgan fingerprint density at radius 2 is 2.23 bits per heavy atom. The molecule has 4 N–H and O–H groups in total. The maximum Gasteiger partial charge on any atom is 0.248 e. The van der Waals surface area contributed by atoms with Crippen LogP contribution in [0.3, 0.4) is 0 Å². The Morgan fingerprint density at radius 3 is 2.69 bits per heavy atom. The fraction of sp³-hybridized carbons (Fsp3) is 0.500. The Labute approximate surface area is 76.3 Å². The third-order valence-corrected chi connectivity index (χ3v) is 1.32. The molecule has 1 atom stereocenters. The molecule has 0 aromatic rings. The van der Waals surface area contributed by atoms with Gasteiger partial charge in [-0.1, -0.05) is 0 Å². The van der Waals surface area contributed by atoms with Crippen LogP contribution in [0, 0.1) is 12.3 Å². The number of terminal acetylenes is 1. The summed E-state index contributed by atoms with van der Waals surface area (Å²) in [7, 11) is 0. The van der Waals surface area contributed by atoms with E-state index >= 15 is 0 Å². The third-order valence-electron chi connectivity index (χ3n) is 1.32. The van der Waals surface area contributed by atoms with E-state index in [1.807, 2.05) is 0 Å². The number of carbonyl (C=O) groups is 2. The summed E-state index contributed by atoms with van der Waals surface area (Å²) >= 11 is 0. The summed E-state index contributed by atoms with van der Waals surface area (Å²) in [6, 6.07) is 0. The number of hydrogen-bond donors (Lipinski definition) is 3. The lowest BCUT2D eigenvalue weighted by Crippen LogP contribution is -2.39. The maximum absolute atomic E-state index is 10.9. The average Bonchev–Trinajstić information content (AvgIpc) is 2.10. The second-order valence-electron chi connectivity index (χ2n) is 2.43. The Bertz CT molecular complexity index is 232. The molecule has 5 heteroatoms. The highest BCUT2D eigenvalue weighted by Crippen LogP contribution is 1.86. The topological polar surface area (TPSA) is 92.4 Å². The number of amides is 2. The quantitative estimate of drug-likeness (QED) is 0.447. The monoisotopic (exact) mass is 184 g/mol. The van der Waals surface area contributed by atoms with Gasteiger partial charge in [-0.25, -0.2) is 0 Å². The number of hydrogen-bond acceptors (Lipinski definition) is 3. The van der Waals surface area contributed by atoms with E-state index in [0.29, 0.717) is 6.42 Å². The number of rotatable bonds is 5. The van der Waals surface area contributed by atoms with Gasteiger partial charge in [0, 0.05) is 12.8 Å². The molecule has 0 saturated heterocycles. The van der Waals surface area contributed by atoms with Crippen molar-refractivity contribution >= 4 is 11.8 Å². The number of primary amides is 1. The van der Waals surface area contributed by atoms with E-state index in [9.17, 15) is 9.59 Å². The van der Waals surface area contributed by atoms with Crippen molar-refractivity contribution in [3.8, 4) is 12.3 Å². The molecule has 0 bridgehead atoms. The molecular weight excluding hydrogens is 172 g/mol. The summed E-state index contributed by atoms with van der Waals surface area (Å²) in [5.41, 5.74) is 4.75. The van der Waals surface area contributed by atoms with Crippen LogP contribution in [-0.4, -0.2) is 29.6 Å². The molecule has 0 aliphatic rings. The van der Waals surface area contributed by atoms with Crippen LogP contribution in [0.1, 0.15) is 12.8 Å². The van der Waals surface area contributed by atoms with Gasteiger partial charge in [-0.15, -0.1) is 12.3 Å². The Kier molecular flexibility index (Phi) is 5.32. The van der Waals surface area contributed by atoms with Gasteiger partial charge in [0.05, 0.1) is 6.54 Å². The SMILES string of the molecule is C#CCCC(=O)NCC(O)C(N)=O. The van der Waals surface area contributed by atoms with E-state index in [0.717, 1.165) is 0 Å². The molecule has 0 aromatic carbocycles. The van der Waals surface area contributed by atoms with Crippen molar-refractivity contribution in [3.05, 3.63) is 0 Å². The second-order valence-corrected chi connectivity index (χ2v) is 2.43. The normalized spacial score (nSPS) is 11.4. The highest BCUT2D eigenvalue weighted by atomic mass is 16.3. The summed E-state index contributed by atoms with van der Waals surface area (Å²) in [5, 5.41) is 11.2. The first-order valence-electron chi connectivity index (χ1n) is 3.75. The number of nitrogens with one attached hydrogen (secondary N) is 1. The molecular formula is C8H12N2O3. The summed E-state index contributed by atoms with van der Waals surface area (Å²) in [6.07, 6.45) is 4.10. The predicted molar refractivity (Wildman–Crippen MR) is 46.3 cm³/mol. The van der Waals surface area contributed by atoms with Crippen molar-refractivity contribution in [2.24, 2.45) is 5.73 Å². The Balaban J connectivity index is 3.59. The zero-order valence-electron chi connectivity index (χ0n) is 7.12. The zero-order chi connectivity index (χ0) is 10.3. The van der Waals surface area contributed by atoms with Crippen molar-refractivity contribution in [2.45, 2.75) is 18.9 Å². The summed E-state index contributed by atoms with van der Waals surface area (Å²) in [4.78, 5) is 21.2. The van der Waals surface area contributed by atoms with Gasteiger partial charge in [-0.3, -0.25) is 9.59 Å². The average molecular weight is 184 g/mol. The molecule has 5 nitrogen and oxygen atoms in total. The number of nitrogens with two attached hydrogens (primary N) is 1. The number of carbonyl (C=O) groups excluding carboxylic acids is 2. The van der Waals surface area contributed by atoms with Crippen molar-refractivity contribution in [2.75, 3.05) is 6.54 Å². The molecule has 2 amide bonds. The van der Waals surface area contributed by atoms with Gasteiger partial charge in [0.1, 0.15) is 6.10 Å². The molecule has 0 heterocycles. The molecule has 1 unspecified atom stereocenters. The van der Waals surface area contributed by atoms with E-state index in [2.05, 4.69) is 11.2 Å². The van der Waals surface area contributed by atoms with Crippen LogP contribution in [0.4, 0.5) is 0 Å². The lowest BCUT2D eigenvalue weighted by molar-refractivity contribution is -0.127. The highest BCUT2D eigenvalue weighted by molar-refractivity contribution is 5.80. The minimum atomic E-state index is -1.34. The van der Waals surface area contributed by atoms with E-state index in [1.165, 1.54) is 0 Å². The first-order chi connectivity index (χ1) is 6.07. The third kappa shape index (κ3) is 5.70. The van der Waals surface area contributed by atoms with Crippen molar-refractivity contribution in [3.63, 3.8) is 0 Å². The highest BCUT2D eigenvalue weighted by Gasteiger charge is 2.11. The molecule has 0 radical (unpaired) electrons. The zero-order valence-corrected chi connectivity index (χ0v) is 7.12. The fourth-order valence-corrected chi connectivity index (χ4v) is 0.585. The lowest BCUT2D eigenvalue weighted by Gasteiger charge is -2.07. The van der Waals surface area contributed by atoms with Crippen molar-refractivity contribution in [1.82, 2.24) is 5.32 Å². The van der Waals surface area contributed by atoms with Gasteiger partial charge in [-0.05, 0) is 0 Å². The van der Waals surface area contributed by atoms with E-state index in [4.69, 9.17) is 17.3 Å². The minimum absolute atomic E-state index is 0.168. The van der Waals surface area contributed by atoms with Gasteiger partial charge in [0.2, 0.25) is 11.8 Å². The molecule has 0 saturated carbocycles. The van der Waals surface area contributed by atoms with E-state index < -0.39 is 12.0 Å². The van der Waals surface area contributed by atoms with Gasteiger partial charge < -0.3 is 16.2 Å². The van der Waals surface area contributed by atoms with Crippen molar-refractivity contribution < 1.29 is 14.7 Å². The maximum atomic E-state index is 10.9. The van der Waals surface area contributed by atoms with E-state index in [1.54, 1.807) is 0 Å². The van der Waals surface area contributed by atoms with Crippen molar-refractivity contribution in [1.29, 1.82) is 0 Å². The van der Waals surface area contributed by atoms with Gasteiger partial charge in [-0.2, -0.15) is 0 Å². The molecule has 0 aromatic heterocycles. The van der Waals surface area contributed by atoms with Crippen LogP contribution in [-0.2, 0) is 9.59 Å². The number of aliphatic hydroxyl groups excluding tert-OH is 1. The van der Waals surface area contributed by atoms with Crippen LogP contribution in [0.5, 0.6) is 0 Å². The Hall–Kier alpha value is -1.54. The minimum Gasteiger partial charge on any atom is -0.381 e. The van der Waals surface area contributed by atoms with Gasteiger partial charge in [0.25, 0.3) is 0 Å². The smallest absolute Gasteiger partial charge is 0.248 e. The Morgan fingerprint density at radius 1 is 1.62 bits per heavy atom. The molecule has 0 aliphatic carbocycles. The summed E-state index contributed by atoms with van der Waals surface area (Å²) < 4.78 is 0. The van der Waals surface area contributed by atoms with Crippen LogP contribution in [0.25, 0.3) is 0 Å². The standard InChI is InChI=1S/C8H12N2O3/c1-2-3-4-7(12)10-5-6(11)8(9)13/h1,6,11H,3-5H2,(H2,9,13)(H,10,12). The first kappa shape index (κ1) is 11.5. The molecule has 13 heavy (non-hydrogen) atoms. The molecule has 0 spiro atoms. The van der Waals surface area contributed by atoms with Crippen LogP contribution < -0.4 is 11.1 Å². The lowest BCUT2D eigenvalue weighted by atomic mass is 10.3. The van der Waals surface area contributed by atoms with E-state index in [-0.39, 0.29) is 18.9 Å². The van der Waals surface area contributed by atoms with Crippen LogP contribution >= 0.6 is 0 Å². The first-order valence-corrected chi connectivity index (χ1v) is 3.75. The van der Waals surface area contributed by atoms with Gasteiger partial charge in [0.15, 0.2) is 0 Å². The predicted octanol–water partition coefficient (Wildman–Crippen LogP) is -1.64. The molecule has 0 aliphatic heterocycles.